The number of carboxylic acid groups (broad SMARTS) is 1. The fourth-order valence-electron chi connectivity index (χ4n) is 7.23. The summed E-state index contributed by atoms with van der Waals surface area (Å²) in [5.74, 6) is 3.29. The van der Waals surface area contributed by atoms with Gasteiger partial charge in [-0.25, -0.2) is 4.79 Å². The predicted molar refractivity (Wildman–Crippen MR) is 103 cm³/mol. The molecule has 0 heterocycles. The van der Waals surface area contributed by atoms with Gasteiger partial charge in [-0.15, -0.1) is 0 Å². The summed E-state index contributed by atoms with van der Waals surface area (Å²) >= 11 is 0. The summed E-state index contributed by atoms with van der Waals surface area (Å²) in [6.07, 6.45) is 9.26. The SMILES string of the molecule is CC(=O)[C@H]1CC[C@H]2[C@@H]3CCC4=CC(=O)CC[C@]4(C)[C@H]3CC[C@]12C.O=C(O)OO. The first kappa shape index (κ1) is 21.0. The van der Waals surface area contributed by atoms with Crippen LogP contribution in [-0.2, 0) is 14.5 Å². The first-order chi connectivity index (χ1) is 13.1. The molecule has 4 rings (SSSR count). The van der Waals surface area contributed by atoms with E-state index in [1.54, 1.807) is 6.92 Å². The molecule has 0 aliphatic heterocycles. The summed E-state index contributed by atoms with van der Waals surface area (Å²) < 4.78 is 0. The van der Waals surface area contributed by atoms with Gasteiger partial charge in [-0.05, 0) is 86.5 Å². The summed E-state index contributed by atoms with van der Waals surface area (Å²) in [6, 6.07) is 0. The highest BCUT2D eigenvalue weighted by molar-refractivity contribution is 5.91. The third-order valence-corrected chi connectivity index (χ3v) is 8.53. The average Bonchev–Trinajstić information content (AvgIpc) is 3.00. The lowest BCUT2D eigenvalue weighted by Gasteiger charge is -2.58. The Morgan fingerprint density at radius 2 is 1.75 bits per heavy atom. The number of fused-ring (bicyclic) bond motifs is 5. The number of ketones is 2. The number of Topliss-reactive ketones (excluding diaryl/α,β-unsaturated/α-hetero) is 1. The van der Waals surface area contributed by atoms with E-state index in [0.29, 0.717) is 17.5 Å². The largest absolute Gasteiger partial charge is 0.537 e. The van der Waals surface area contributed by atoms with E-state index in [2.05, 4.69) is 18.7 Å². The molecule has 3 saturated carbocycles. The van der Waals surface area contributed by atoms with E-state index in [1.165, 1.54) is 31.3 Å². The highest BCUT2D eigenvalue weighted by Gasteiger charge is 2.59. The quantitative estimate of drug-likeness (QED) is 0.487. The van der Waals surface area contributed by atoms with Crippen molar-refractivity contribution in [3.8, 4) is 0 Å². The number of carbonyl (C=O) groups excluding carboxylic acids is 2. The van der Waals surface area contributed by atoms with Crippen LogP contribution in [0.1, 0.15) is 72.1 Å². The Kier molecular flexibility index (Phi) is 5.72. The van der Waals surface area contributed by atoms with E-state index in [9.17, 15) is 9.59 Å². The fourth-order valence-corrected chi connectivity index (χ4v) is 7.23. The van der Waals surface area contributed by atoms with Crippen LogP contribution < -0.4 is 0 Å². The van der Waals surface area contributed by atoms with E-state index in [4.69, 9.17) is 15.2 Å². The molecule has 6 nitrogen and oxygen atoms in total. The molecule has 0 unspecified atom stereocenters. The molecule has 0 aromatic rings. The number of hydrogen-bond acceptors (Lipinski definition) is 5. The number of rotatable bonds is 1. The first-order valence-electron chi connectivity index (χ1n) is 10.4. The van der Waals surface area contributed by atoms with Crippen LogP contribution in [-0.4, -0.2) is 28.1 Å². The summed E-state index contributed by atoms with van der Waals surface area (Å²) in [5, 5.41) is 14.3. The summed E-state index contributed by atoms with van der Waals surface area (Å²) in [7, 11) is 0. The van der Waals surface area contributed by atoms with Gasteiger partial charge in [-0.3, -0.25) is 14.5 Å². The minimum Gasteiger partial charge on any atom is -0.448 e. The molecule has 0 saturated heterocycles. The van der Waals surface area contributed by atoms with Gasteiger partial charge < -0.3 is 5.11 Å². The van der Waals surface area contributed by atoms with Crippen LogP contribution in [0.4, 0.5) is 4.79 Å². The Bertz CT molecular complexity index is 697. The molecule has 156 valence electrons. The van der Waals surface area contributed by atoms with Crippen molar-refractivity contribution >= 4 is 17.7 Å². The maximum atomic E-state index is 12.1. The highest BCUT2D eigenvalue weighted by Crippen LogP contribution is 2.66. The molecule has 2 N–H and O–H groups in total. The molecule has 6 heteroatoms. The van der Waals surface area contributed by atoms with E-state index < -0.39 is 6.16 Å². The summed E-state index contributed by atoms with van der Waals surface area (Å²) in [4.78, 5) is 35.6. The lowest BCUT2D eigenvalue weighted by Crippen LogP contribution is -2.51. The molecule has 0 aromatic heterocycles. The second-order valence-corrected chi connectivity index (χ2v) is 9.61. The molecule has 0 spiro atoms. The maximum absolute atomic E-state index is 12.1. The van der Waals surface area contributed by atoms with Gasteiger partial charge in [0.05, 0.1) is 0 Å². The van der Waals surface area contributed by atoms with Gasteiger partial charge in [0.1, 0.15) is 5.78 Å². The first-order valence-corrected chi connectivity index (χ1v) is 10.4. The molecule has 0 amide bonds. The second kappa shape index (κ2) is 7.62. The highest BCUT2D eigenvalue weighted by atomic mass is 17.1. The van der Waals surface area contributed by atoms with Crippen LogP contribution in [0, 0.1) is 34.5 Å². The molecule has 3 fully saturated rings. The van der Waals surface area contributed by atoms with Crippen LogP contribution in [0.5, 0.6) is 0 Å². The predicted octanol–water partition coefficient (Wildman–Crippen LogP) is 4.88. The molecule has 0 radical (unpaired) electrons. The van der Waals surface area contributed by atoms with Crippen molar-refractivity contribution in [2.45, 2.75) is 72.1 Å². The van der Waals surface area contributed by atoms with E-state index in [-0.39, 0.29) is 10.8 Å². The lowest BCUT2D eigenvalue weighted by atomic mass is 9.47. The molecule has 4 aliphatic rings. The van der Waals surface area contributed by atoms with Crippen LogP contribution in [0.2, 0.25) is 0 Å². The van der Waals surface area contributed by atoms with Gasteiger partial charge in [-0.1, -0.05) is 19.4 Å². The van der Waals surface area contributed by atoms with Gasteiger partial charge >= 0.3 is 6.16 Å². The van der Waals surface area contributed by atoms with Gasteiger partial charge in [0.15, 0.2) is 5.78 Å². The van der Waals surface area contributed by atoms with Crippen LogP contribution in [0.3, 0.4) is 0 Å². The Labute approximate surface area is 166 Å². The van der Waals surface area contributed by atoms with Crippen molar-refractivity contribution in [2.75, 3.05) is 0 Å². The minimum atomic E-state index is -1.69. The zero-order valence-corrected chi connectivity index (χ0v) is 17.1. The van der Waals surface area contributed by atoms with Gasteiger partial charge in [0.2, 0.25) is 0 Å². The normalized spacial score (nSPS) is 41.4. The molecule has 4 aliphatic carbocycles. The van der Waals surface area contributed by atoms with Gasteiger partial charge in [0, 0.05) is 12.3 Å². The Hall–Kier alpha value is -1.69. The van der Waals surface area contributed by atoms with Crippen molar-refractivity contribution in [2.24, 2.45) is 34.5 Å². The molecule has 0 bridgehead atoms. The third kappa shape index (κ3) is 3.40. The van der Waals surface area contributed by atoms with E-state index >= 15 is 0 Å². The van der Waals surface area contributed by atoms with Crippen LogP contribution in [0.25, 0.3) is 0 Å². The smallest absolute Gasteiger partial charge is 0.448 e. The van der Waals surface area contributed by atoms with Gasteiger partial charge in [0.25, 0.3) is 0 Å². The molecular weight excluding hydrogens is 360 g/mol. The molecule has 6 atom stereocenters. The van der Waals surface area contributed by atoms with Crippen molar-refractivity contribution in [1.29, 1.82) is 0 Å². The maximum Gasteiger partial charge on any atom is 0.537 e. The number of carbonyl (C=O) groups is 3. The summed E-state index contributed by atoms with van der Waals surface area (Å²) in [5.41, 5.74) is 1.95. The van der Waals surface area contributed by atoms with Crippen molar-refractivity contribution in [3.63, 3.8) is 0 Å². The summed E-state index contributed by atoms with van der Waals surface area (Å²) in [6.45, 7) is 6.65. The van der Waals surface area contributed by atoms with Crippen LogP contribution >= 0.6 is 0 Å². The third-order valence-electron chi connectivity index (χ3n) is 8.53. The molecule has 28 heavy (non-hydrogen) atoms. The lowest BCUT2D eigenvalue weighted by molar-refractivity contribution is -0.194. The average molecular weight is 392 g/mol. The van der Waals surface area contributed by atoms with Gasteiger partial charge in [-0.2, -0.15) is 5.26 Å². The van der Waals surface area contributed by atoms with Crippen molar-refractivity contribution in [1.82, 2.24) is 0 Å². The zero-order valence-electron chi connectivity index (χ0n) is 17.1. The number of hydrogen-bond donors (Lipinski definition) is 2. The van der Waals surface area contributed by atoms with Crippen molar-refractivity contribution < 1.29 is 29.6 Å². The minimum absolute atomic E-state index is 0.245. The zero-order chi connectivity index (χ0) is 20.7. The van der Waals surface area contributed by atoms with Crippen LogP contribution in [0.15, 0.2) is 11.6 Å². The monoisotopic (exact) mass is 392 g/mol. The van der Waals surface area contributed by atoms with E-state index in [1.807, 2.05) is 6.08 Å². The Balaban J connectivity index is 0.000000403. The molecular formula is C22H32O6. The van der Waals surface area contributed by atoms with Crippen molar-refractivity contribution in [3.05, 3.63) is 11.6 Å². The second-order valence-electron chi connectivity index (χ2n) is 9.61. The standard InChI is InChI=1S/C21H30O2.CH2O4/c1-13(22)17-6-7-18-16-5-4-14-12-15(23)8-10-20(14,2)19(16)9-11-21(17,18)3;2-1(3)5-4/h12,16-19H,4-11H2,1-3H3;4H,(H,2,3)/t16-,17+,18-,19-,20-,21+;/m0./s1. The Morgan fingerprint density at radius 1 is 1.07 bits per heavy atom. The fraction of sp³-hybridized carbons (Fsp3) is 0.773. The topological polar surface area (TPSA) is 101 Å². The molecule has 0 aromatic carbocycles. The van der Waals surface area contributed by atoms with E-state index in [0.717, 1.165) is 43.4 Å². The number of allylic oxidation sites excluding steroid dienone is 1. The Morgan fingerprint density at radius 3 is 2.36 bits per heavy atom.